The third-order valence-corrected chi connectivity index (χ3v) is 4.81. The first kappa shape index (κ1) is 17.0. The smallest absolute Gasteiger partial charge is 0.197 e. The molecule has 3 aromatic rings. The van der Waals surface area contributed by atoms with Gasteiger partial charge in [-0.1, -0.05) is 91.0 Å². The third kappa shape index (κ3) is 3.00. The summed E-state index contributed by atoms with van der Waals surface area (Å²) >= 11 is 0. The number of allylic oxidation sites excluding steroid dienone is 3. The SMILES string of the molecule is CN(C)C1=C(c2ccccc2)C(=O)C(c2ccccc2)=C1c1ccccc1. The van der Waals surface area contributed by atoms with Crippen LogP contribution in [0.25, 0.3) is 16.7 Å². The van der Waals surface area contributed by atoms with E-state index >= 15 is 0 Å². The van der Waals surface area contributed by atoms with Crippen LogP contribution in [0.2, 0.25) is 0 Å². The van der Waals surface area contributed by atoms with Gasteiger partial charge in [-0.25, -0.2) is 0 Å². The van der Waals surface area contributed by atoms with Crippen LogP contribution in [-0.2, 0) is 4.79 Å². The van der Waals surface area contributed by atoms with E-state index in [0.717, 1.165) is 39.1 Å². The maximum Gasteiger partial charge on any atom is 0.197 e. The molecule has 4 rings (SSSR count). The van der Waals surface area contributed by atoms with Crippen molar-refractivity contribution in [1.29, 1.82) is 0 Å². The lowest BCUT2D eigenvalue weighted by molar-refractivity contribution is -0.108. The van der Waals surface area contributed by atoms with Crippen LogP contribution in [0.5, 0.6) is 0 Å². The Bertz CT molecular complexity index is 1030. The van der Waals surface area contributed by atoms with Crippen molar-refractivity contribution in [3.8, 4) is 0 Å². The molecule has 0 bridgehead atoms. The zero-order chi connectivity index (χ0) is 18.8. The summed E-state index contributed by atoms with van der Waals surface area (Å²) < 4.78 is 0. The van der Waals surface area contributed by atoms with E-state index in [0.29, 0.717) is 0 Å². The van der Waals surface area contributed by atoms with E-state index in [2.05, 4.69) is 17.0 Å². The number of Topliss-reactive ketones (excluding diaryl/α,β-unsaturated/α-hetero) is 1. The molecular formula is C25H21NO. The lowest BCUT2D eigenvalue weighted by Crippen LogP contribution is -2.13. The summed E-state index contributed by atoms with van der Waals surface area (Å²) in [5.41, 5.74) is 6.45. The van der Waals surface area contributed by atoms with Crippen LogP contribution in [0.4, 0.5) is 0 Å². The quantitative estimate of drug-likeness (QED) is 0.648. The van der Waals surface area contributed by atoms with Gasteiger partial charge in [-0.05, 0) is 16.7 Å². The molecule has 0 spiro atoms. The Morgan fingerprint density at radius 3 is 1.30 bits per heavy atom. The maximum absolute atomic E-state index is 13.7. The van der Waals surface area contributed by atoms with Crippen LogP contribution in [0, 0.1) is 0 Å². The molecule has 0 aliphatic heterocycles. The van der Waals surface area contributed by atoms with E-state index in [1.165, 1.54) is 0 Å². The lowest BCUT2D eigenvalue weighted by atomic mass is 9.94. The van der Waals surface area contributed by atoms with E-state index in [9.17, 15) is 4.79 Å². The second-order valence-electron chi connectivity index (χ2n) is 6.80. The molecule has 0 atom stereocenters. The van der Waals surface area contributed by atoms with Gasteiger partial charge in [0.05, 0.1) is 11.3 Å². The standard InChI is InChI=1S/C25H21NO/c1-26(2)24-21(18-12-6-3-7-13-18)22(19-14-8-4-9-15-19)25(27)23(24)20-16-10-5-11-17-20/h3-17H,1-2H3. The fourth-order valence-electron chi connectivity index (χ4n) is 3.68. The Balaban J connectivity index is 2.04. The van der Waals surface area contributed by atoms with Crippen LogP contribution in [0.15, 0.2) is 96.7 Å². The molecular weight excluding hydrogens is 330 g/mol. The van der Waals surface area contributed by atoms with Crippen LogP contribution < -0.4 is 0 Å². The topological polar surface area (TPSA) is 20.3 Å². The van der Waals surface area contributed by atoms with Crippen molar-refractivity contribution >= 4 is 22.5 Å². The fourth-order valence-corrected chi connectivity index (χ4v) is 3.68. The molecule has 2 nitrogen and oxygen atoms in total. The van der Waals surface area contributed by atoms with E-state index in [1.807, 2.05) is 93.0 Å². The minimum atomic E-state index is 0.0787. The Hall–Kier alpha value is -3.39. The fraction of sp³-hybridized carbons (Fsp3) is 0.0800. The Labute approximate surface area is 160 Å². The van der Waals surface area contributed by atoms with Gasteiger partial charge in [-0.2, -0.15) is 0 Å². The average Bonchev–Trinajstić information content (AvgIpc) is 3.03. The molecule has 1 aliphatic rings. The molecule has 0 aromatic heterocycles. The number of benzene rings is 3. The van der Waals surface area contributed by atoms with Gasteiger partial charge in [0.2, 0.25) is 0 Å². The Morgan fingerprint density at radius 2 is 0.889 bits per heavy atom. The van der Waals surface area contributed by atoms with E-state index in [4.69, 9.17) is 0 Å². The first-order chi connectivity index (χ1) is 13.2. The van der Waals surface area contributed by atoms with Crippen LogP contribution >= 0.6 is 0 Å². The number of hydrogen-bond donors (Lipinski definition) is 0. The van der Waals surface area contributed by atoms with Crippen molar-refractivity contribution in [3.63, 3.8) is 0 Å². The highest BCUT2D eigenvalue weighted by Gasteiger charge is 2.35. The summed E-state index contributed by atoms with van der Waals surface area (Å²) in [6.07, 6.45) is 0. The van der Waals surface area contributed by atoms with Crippen molar-refractivity contribution < 1.29 is 4.79 Å². The molecule has 0 saturated carbocycles. The summed E-state index contributed by atoms with van der Waals surface area (Å²) in [4.78, 5) is 15.7. The summed E-state index contributed by atoms with van der Waals surface area (Å²) in [5, 5.41) is 0. The minimum absolute atomic E-state index is 0.0787. The zero-order valence-corrected chi connectivity index (χ0v) is 15.5. The van der Waals surface area contributed by atoms with E-state index < -0.39 is 0 Å². The van der Waals surface area contributed by atoms with Crippen molar-refractivity contribution in [2.75, 3.05) is 14.1 Å². The number of rotatable bonds is 4. The van der Waals surface area contributed by atoms with Crippen LogP contribution in [-0.4, -0.2) is 24.8 Å². The number of likely N-dealkylation sites (N-methyl/N-ethyl adjacent to an activating group) is 1. The highest BCUT2D eigenvalue weighted by atomic mass is 16.1. The first-order valence-corrected chi connectivity index (χ1v) is 9.05. The van der Waals surface area contributed by atoms with Crippen molar-refractivity contribution in [1.82, 2.24) is 4.90 Å². The van der Waals surface area contributed by atoms with Gasteiger partial charge in [0, 0.05) is 25.2 Å². The highest BCUT2D eigenvalue weighted by Crippen LogP contribution is 2.45. The van der Waals surface area contributed by atoms with Crippen LogP contribution in [0.1, 0.15) is 16.7 Å². The minimum Gasteiger partial charge on any atom is -0.377 e. The van der Waals surface area contributed by atoms with Gasteiger partial charge in [-0.3, -0.25) is 4.79 Å². The normalized spacial score (nSPS) is 14.1. The number of carbonyl (C=O) groups excluding carboxylic acids is 1. The Kier molecular flexibility index (Phi) is 4.47. The molecule has 0 amide bonds. The average molecular weight is 351 g/mol. The van der Waals surface area contributed by atoms with Gasteiger partial charge < -0.3 is 4.90 Å². The number of carbonyl (C=O) groups is 1. The second-order valence-corrected chi connectivity index (χ2v) is 6.80. The monoisotopic (exact) mass is 351 g/mol. The van der Waals surface area contributed by atoms with Gasteiger partial charge in [0.15, 0.2) is 5.78 Å². The van der Waals surface area contributed by atoms with E-state index in [1.54, 1.807) is 0 Å². The molecule has 27 heavy (non-hydrogen) atoms. The largest absolute Gasteiger partial charge is 0.377 e. The summed E-state index contributed by atoms with van der Waals surface area (Å²) in [5.74, 6) is 0.0787. The molecule has 0 saturated heterocycles. The number of ketones is 1. The highest BCUT2D eigenvalue weighted by molar-refractivity contribution is 6.52. The molecule has 3 aromatic carbocycles. The molecule has 132 valence electrons. The molecule has 0 unspecified atom stereocenters. The van der Waals surface area contributed by atoms with Gasteiger partial charge in [-0.15, -0.1) is 0 Å². The van der Waals surface area contributed by atoms with Crippen LogP contribution in [0.3, 0.4) is 0 Å². The summed E-state index contributed by atoms with van der Waals surface area (Å²) in [7, 11) is 4.00. The molecule has 0 N–H and O–H groups in total. The predicted octanol–water partition coefficient (Wildman–Crippen LogP) is 5.15. The summed E-state index contributed by atoms with van der Waals surface area (Å²) in [6.45, 7) is 0. The lowest BCUT2D eigenvalue weighted by Gasteiger charge is -2.20. The van der Waals surface area contributed by atoms with Crippen molar-refractivity contribution in [3.05, 3.63) is 113 Å². The van der Waals surface area contributed by atoms with Crippen molar-refractivity contribution in [2.24, 2.45) is 0 Å². The zero-order valence-electron chi connectivity index (χ0n) is 15.5. The third-order valence-electron chi connectivity index (χ3n) is 4.81. The molecule has 0 heterocycles. The van der Waals surface area contributed by atoms with E-state index in [-0.39, 0.29) is 5.78 Å². The molecule has 0 radical (unpaired) electrons. The molecule has 2 heteroatoms. The first-order valence-electron chi connectivity index (χ1n) is 9.05. The van der Waals surface area contributed by atoms with Gasteiger partial charge >= 0.3 is 0 Å². The van der Waals surface area contributed by atoms with Crippen molar-refractivity contribution in [2.45, 2.75) is 0 Å². The predicted molar refractivity (Wildman–Crippen MR) is 112 cm³/mol. The second kappa shape index (κ2) is 7.08. The maximum atomic E-state index is 13.7. The number of hydrogen-bond acceptors (Lipinski definition) is 2. The van der Waals surface area contributed by atoms with Gasteiger partial charge in [0.25, 0.3) is 0 Å². The Morgan fingerprint density at radius 1 is 0.519 bits per heavy atom. The summed E-state index contributed by atoms with van der Waals surface area (Å²) in [6, 6.07) is 30.1. The molecule has 1 aliphatic carbocycles. The number of nitrogens with zero attached hydrogens (tertiary/aromatic N) is 1. The van der Waals surface area contributed by atoms with Gasteiger partial charge in [0.1, 0.15) is 0 Å². The molecule has 0 fully saturated rings.